The number of aromatic nitrogens is 2. The number of hydrogen-bond donors (Lipinski definition) is 0. The summed E-state index contributed by atoms with van der Waals surface area (Å²) in [6.07, 6.45) is 4.43. The van der Waals surface area contributed by atoms with Gasteiger partial charge in [0.2, 0.25) is 0 Å². The lowest BCUT2D eigenvalue weighted by Crippen LogP contribution is -2.35. The normalized spacial score (nSPS) is 19.7. The van der Waals surface area contributed by atoms with Crippen LogP contribution in [0.2, 0.25) is 0 Å². The van der Waals surface area contributed by atoms with Crippen molar-refractivity contribution in [3.8, 4) is 5.88 Å². The molecule has 0 fully saturated rings. The SMILES string of the molecule is [O-]c1c2n(c3[n+]1CCC3)CCC2. The maximum absolute atomic E-state index is 11.7. The second kappa shape index (κ2) is 2.03. The molecule has 3 rings (SSSR count). The predicted octanol–water partition coefficient (Wildman–Crippen LogP) is -0.258. The van der Waals surface area contributed by atoms with Crippen molar-refractivity contribution in [2.75, 3.05) is 0 Å². The monoisotopic (exact) mass is 164 g/mol. The summed E-state index contributed by atoms with van der Waals surface area (Å²) in [5, 5.41) is 11.7. The van der Waals surface area contributed by atoms with E-state index in [0.717, 1.165) is 38.0 Å². The smallest absolute Gasteiger partial charge is 0.256 e. The van der Waals surface area contributed by atoms with Crippen LogP contribution in [0.5, 0.6) is 5.88 Å². The van der Waals surface area contributed by atoms with Crippen LogP contribution >= 0.6 is 0 Å². The van der Waals surface area contributed by atoms with Gasteiger partial charge in [-0.2, -0.15) is 0 Å². The Balaban J connectivity index is 2.28. The Bertz CT molecular complexity index is 309. The Morgan fingerprint density at radius 2 is 2.17 bits per heavy atom. The molecule has 0 amide bonds. The van der Waals surface area contributed by atoms with Gasteiger partial charge in [0.05, 0.1) is 19.5 Å². The molecule has 0 radical (unpaired) electrons. The van der Waals surface area contributed by atoms with E-state index in [2.05, 4.69) is 4.57 Å². The Morgan fingerprint density at radius 3 is 3.08 bits per heavy atom. The summed E-state index contributed by atoms with van der Waals surface area (Å²) in [6.45, 7) is 2.03. The zero-order valence-electron chi connectivity index (χ0n) is 7.05. The fraction of sp³-hybridized carbons (Fsp3) is 0.667. The average molecular weight is 164 g/mol. The largest absolute Gasteiger partial charge is 0.840 e. The highest BCUT2D eigenvalue weighted by Crippen LogP contribution is 2.25. The van der Waals surface area contributed by atoms with E-state index in [0.29, 0.717) is 5.88 Å². The second-order valence-corrected chi connectivity index (χ2v) is 3.68. The Morgan fingerprint density at radius 1 is 1.25 bits per heavy atom. The molecule has 3 nitrogen and oxygen atoms in total. The van der Waals surface area contributed by atoms with E-state index in [-0.39, 0.29) is 0 Å². The standard InChI is InChI=1S/C9H12N2O/c12-9-7-3-1-5-10(7)8-4-2-6-11(8)9/h1-6H2. The van der Waals surface area contributed by atoms with Gasteiger partial charge in [0.25, 0.3) is 5.82 Å². The number of nitrogens with zero attached hydrogens (tertiary/aromatic N) is 2. The van der Waals surface area contributed by atoms with Gasteiger partial charge < -0.3 is 5.11 Å². The molecular weight excluding hydrogens is 152 g/mol. The minimum atomic E-state index is 0.292. The minimum Gasteiger partial charge on any atom is -0.840 e. The van der Waals surface area contributed by atoms with Crippen molar-refractivity contribution in [2.45, 2.75) is 38.8 Å². The molecule has 3 heterocycles. The lowest BCUT2D eigenvalue weighted by Gasteiger charge is -2.01. The highest BCUT2D eigenvalue weighted by atomic mass is 16.3. The molecular formula is C9H12N2O. The summed E-state index contributed by atoms with van der Waals surface area (Å²) in [5.41, 5.74) is 1.06. The van der Waals surface area contributed by atoms with Crippen LogP contribution in [0, 0.1) is 0 Å². The van der Waals surface area contributed by atoms with Gasteiger partial charge >= 0.3 is 0 Å². The van der Waals surface area contributed by atoms with Crippen molar-refractivity contribution in [2.24, 2.45) is 0 Å². The molecule has 3 heteroatoms. The third-order valence-electron chi connectivity index (χ3n) is 3.02. The summed E-state index contributed by atoms with van der Waals surface area (Å²) < 4.78 is 4.21. The number of rotatable bonds is 0. The highest BCUT2D eigenvalue weighted by Gasteiger charge is 2.31. The van der Waals surface area contributed by atoms with Crippen molar-refractivity contribution in [3.63, 3.8) is 0 Å². The van der Waals surface area contributed by atoms with Crippen LogP contribution in [0.1, 0.15) is 24.4 Å². The van der Waals surface area contributed by atoms with E-state index in [4.69, 9.17) is 0 Å². The van der Waals surface area contributed by atoms with E-state index < -0.39 is 0 Å². The van der Waals surface area contributed by atoms with Crippen LogP contribution in [0.4, 0.5) is 0 Å². The summed E-state index contributed by atoms with van der Waals surface area (Å²) in [4.78, 5) is 0. The topological polar surface area (TPSA) is 31.9 Å². The van der Waals surface area contributed by atoms with Crippen LogP contribution in [-0.4, -0.2) is 4.57 Å². The maximum atomic E-state index is 11.7. The third kappa shape index (κ3) is 0.601. The van der Waals surface area contributed by atoms with Crippen LogP contribution in [0.3, 0.4) is 0 Å². The molecule has 0 aliphatic carbocycles. The average Bonchev–Trinajstić information content (AvgIpc) is 2.72. The lowest BCUT2D eigenvalue weighted by molar-refractivity contribution is -0.729. The van der Waals surface area contributed by atoms with Gasteiger partial charge in [-0.1, -0.05) is 0 Å². The van der Waals surface area contributed by atoms with E-state index in [1.54, 1.807) is 0 Å². The Labute approximate surface area is 71.3 Å². The van der Waals surface area contributed by atoms with Gasteiger partial charge in [-0.3, -0.25) is 0 Å². The molecule has 0 unspecified atom stereocenters. The van der Waals surface area contributed by atoms with E-state index in [9.17, 15) is 5.11 Å². The fourth-order valence-corrected chi connectivity index (χ4v) is 2.50. The molecule has 0 N–H and O–H groups in total. The third-order valence-corrected chi connectivity index (χ3v) is 3.02. The fourth-order valence-electron chi connectivity index (χ4n) is 2.50. The van der Waals surface area contributed by atoms with Crippen molar-refractivity contribution in [3.05, 3.63) is 11.5 Å². The summed E-state index contributed by atoms with van der Waals surface area (Å²) >= 11 is 0. The van der Waals surface area contributed by atoms with Crippen LogP contribution < -0.4 is 9.67 Å². The van der Waals surface area contributed by atoms with Crippen molar-refractivity contribution >= 4 is 0 Å². The molecule has 1 aromatic heterocycles. The van der Waals surface area contributed by atoms with Crippen LogP contribution in [0.15, 0.2) is 0 Å². The molecule has 0 aromatic carbocycles. The first-order chi connectivity index (χ1) is 5.88. The van der Waals surface area contributed by atoms with Crippen molar-refractivity contribution < 1.29 is 9.67 Å². The molecule has 0 bridgehead atoms. The van der Waals surface area contributed by atoms with Gasteiger partial charge in [0, 0.05) is 6.42 Å². The zero-order chi connectivity index (χ0) is 8.13. The Kier molecular flexibility index (Phi) is 1.10. The van der Waals surface area contributed by atoms with Crippen LogP contribution in [0.25, 0.3) is 0 Å². The van der Waals surface area contributed by atoms with Gasteiger partial charge in [0.1, 0.15) is 11.6 Å². The molecule has 64 valence electrons. The number of fused-ring (bicyclic) bond motifs is 3. The summed E-state index contributed by atoms with van der Waals surface area (Å²) in [7, 11) is 0. The number of imidazole rings is 1. The summed E-state index contributed by atoms with van der Waals surface area (Å²) in [6, 6.07) is 0. The molecule has 0 saturated carbocycles. The molecule has 0 atom stereocenters. The first-order valence-corrected chi connectivity index (χ1v) is 4.69. The molecule has 0 spiro atoms. The maximum Gasteiger partial charge on any atom is 0.256 e. The molecule has 2 aliphatic rings. The molecule has 2 aliphatic heterocycles. The number of hydrogen-bond acceptors (Lipinski definition) is 1. The van der Waals surface area contributed by atoms with E-state index in [1.165, 1.54) is 12.2 Å². The first kappa shape index (κ1) is 6.52. The zero-order valence-corrected chi connectivity index (χ0v) is 7.05. The first-order valence-electron chi connectivity index (χ1n) is 4.69. The minimum absolute atomic E-state index is 0.292. The summed E-state index contributed by atoms with van der Waals surface area (Å²) in [5.74, 6) is 1.58. The van der Waals surface area contributed by atoms with Crippen LogP contribution in [-0.2, 0) is 25.9 Å². The quantitative estimate of drug-likeness (QED) is 0.486. The van der Waals surface area contributed by atoms with Crippen molar-refractivity contribution in [1.82, 2.24) is 4.57 Å². The van der Waals surface area contributed by atoms with Gasteiger partial charge in [-0.05, 0) is 12.8 Å². The highest BCUT2D eigenvalue weighted by molar-refractivity contribution is 5.18. The van der Waals surface area contributed by atoms with Gasteiger partial charge in [-0.25, -0.2) is 9.13 Å². The van der Waals surface area contributed by atoms with Gasteiger partial charge in [0.15, 0.2) is 0 Å². The predicted molar refractivity (Wildman–Crippen MR) is 40.7 cm³/mol. The van der Waals surface area contributed by atoms with Gasteiger partial charge in [-0.15, -0.1) is 0 Å². The molecule has 1 aromatic rings. The lowest BCUT2D eigenvalue weighted by atomic mass is 10.3. The second-order valence-electron chi connectivity index (χ2n) is 3.68. The van der Waals surface area contributed by atoms with Crippen molar-refractivity contribution in [1.29, 1.82) is 0 Å². The van der Waals surface area contributed by atoms with E-state index >= 15 is 0 Å². The molecule has 0 saturated heterocycles. The Hall–Kier alpha value is -0.990. The molecule has 12 heavy (non-hydrogen) atoms. The van der Waals surface area contributed by atoms with E-state index in [1.807, 2.05) is 4.57 Å².